The summed E-state index contributed by atoms with van der Waals surface area (Å²) in [4.78, 5) is 44.2. The average Bonchev–Trinajstić information content (AvgIpc) is 2.98. The number of ether oxygens (including phenoxy) is 1. The van der Waals surface area contributed by atoms with Crippen LogP contribution in [0.15, 0.2) is 73.1 Å². The first-order valence-corrected chi connectivity index (χ1v) is 12.3. The second kappa shape index (κ2) is 12.0. The van der Waals surface area contributed by atoms with Crippen LogP contribution < -0.4 is 26.2 Å². The van der Waals surface area contributed by atoms with Crippen LogP contribution in [0.4, 0.5) is 32.6 Å². The molecule has 1 aliphatic rings. The number of anilines is 4. The van der Waals surface area contributed by atoms with Gasteiger partial charge in [0.05, 0.1) is 25.1 Å². The first-order valence-electron chi connectivity index (χ1n) is 12.3. The van der Waals surface area contributed by atoms with E-state index >= 15 is 0 Å². The molecule has 39 heavy (non-hydrogen) atoms. The first kappa shape index (κ1) is 25.5. The lowest BCUT2D eigenvalue weighted by atomic mass is 10.1. The number of amides is 4. The van der Waals surface area contributed by atoms with Gasteiger partial charge in [0, 0.05) is 48.8 Å². The number of carbonyl (C=O) groups excluding carboxylic acids is 2. The lowest BCUT2D eigenvalue weighted by molar-refractivity contribution is 0.122. The highest BCUT2D eigenvalue weighted by molar-refractivity contribution is 5.99. The summed E-state index contributed by atoms with van der Waals surface area (Å²) in [5, 5.41) is 10.8. The summed E-state index contributed by atoms with van der Waals surface area (Å²) >= 11 is 0. The predicted molar refractivity (Wildman–Crippen MR) is 149 cm³/mol. The van der Waals surface area contributed by atoms with Crippen LogP contribution in [0.2, 0.25) is 0 Å². The van der Waals surface area contributed by atoms with Crippen molar-refractivity contribution < 1.29 is 14.3 Å². The average molecular weight is 526 g/mol. The number of pyridine rings is 1. The molecule has 0 spiro atoms. The van der Waals surface area contributed by atoms with Crippen molar-refractivity contribution in [1.29, 1.82) is 0 Å². The zero-order chi connectivity index (χ0) is 27.0. The minimum atomic E-state index is -0.373. The fourth-order valence-corrected chi connectivity index (χ4v) is 3.86. The van der Waals surface area contributed by atoms with Gasteiger partial charge < -0.3 is 30.9 Å². The predicted octanol–water partition coefficient (Wildman–Crippen LogP) is 3.83. The zero-order valence-corrected chi connectivity index (χ0v) is 21.2. The third-order valence-corrected chi connectivity index (χ3v) is 5.87. The molecule has 0 saturated carbocycles. The number of benzene rings is 2. The van der Waals surface area contributed by atoms with Crippen LogP contribution in [0, 0.1) is 0 Å². The molecule has 1 saturated heterocycles. The fourth-order valence-electron chi connectivity index (χ4n) is 3.86. The summed E-state index contributed by atoms with van der Waals surface area (Å²) in [6.07, 6.45) is 3.21. The second-order valence-electron chi connectivity index (χ2n) is 8.56. The summed E-state index contributed by atoms with van der Waals surface area (Å²) in [5.41, 5.74) is 3.40. The van der Waals surface area contributed by atoms with E-state index in [2.05, 4.69) is 31.2 Å². The standard InChI is InChI=1S/C27H27N9O3/c1-28-26(37)30-20-8-4-18(5-9-20)23-33-24(35-25(34-23)36-13-15-39-16-14-36)19-6-10-21(11-7-19)31-27(38)32-22-3-2-12-29-17-22/h2-12,17H,13-16H2,1H3,(H2,28,30,37)(H2,31,32,38). The molecule has 0 unspecified atom stereocenters. The van der Waals surface area contributed by atoms with Crippen LogP contribution in [0.1, 0.15) is 0 Å². The van der Waals surface area contributed by atoms with E-state index in [-0.39, 0.29) is 12.1 Å². The van der Waals surface area contributed by atoms with E-state index in [4.69, 9.17) is 19.7 Å². The van der Waals surface area contributed by atoms with Crippen LogP contribution in [0.25, 0.3) is 22.8 Å². The van der Waals surface area contributed by atoms with Gasteiger partial charge in [-0.2, -0.15) is 9.97 Å². The van der Waals surface area contributed by atoms with Gasteiger partial charge in [-0.3, -0.25) is 4.98 Å². The molecule has 4 N–H and O–H groups in total. The number of nitrogens with one attached hydrogen (secondary N) is 4. The lowest BCUT2D eigenvalue weighted by Gasteiger charge is -2.27. The van der Waals surface area contributed by atoms with E-state index in [1.54, 1.807) is 55.8 Å². The first-order chi connectivity index (χ1) is 19.1. The Morgan fingerprint density at radius 2 is 1.31 bits per heavy atom. The quantitative estimate of drug-likeness (QED) is 0.297. The topological polar surface area (TPSA) is 146 Å². The largest absolute Gasteiger partial charge is 0.378 e. The highest BCUT2D eigenvalue weighted by Gasteiger charge is 2.18. The third kappa shape index (κ3) is 6.62. The van der Waals surface area contributed by atoms with Crippen molar-refractivity contribution in [2.45, 2.75) is 0 Å². The smallest absolute Gasteiger partial charge is 0.323 e. The Morgan fingerprint density at radius 1 is 0.744 bits per heavy atom. The SMILES string of the molecule is CNC(=O)Nc1ccc(-c2nc(-c3ccc(NC(=O)Nc4cccnc4)cc3)nc(N3CCOCC3)n2)cc1. The molecule has 2 aromatic carbocycles. The van der Waals surface area contributed by atoms with Gasteiger partial charge in [-0.05, 0) is 60.7 Å². The number of carbonyl (C=O) groups is 2. The second-order valence-corrected chi connectivity index (χ2v) is 8.56. The Labute approximate surface area is 224 Å². The van der Waals surface area contributed by atoms with E-state index in [1.165, 1.54) is 0 Å². The van der Waals surface area contributed by atoms with Crippen LogP contribution in [0.3, 0.4) is 0 Å². The van der Waals surface area contributed by atoms with E-state index in [0.29, 0.717) is 61.0 Å². The number of nitrogens with zero attached hydrogens (tertiary/aromatic N) is 5. The van der Waals surface area contributed by atoms with E-state index in [9.17, 15) is 9.59 Å². The van der Waals surface area contributed by atoms with Crippen LogP contribution in [-0.4, -0.2) is 65.3 Å². The molecule has 1 aliphatic heterocycles. The molecule has 12 nitrogen and oxygen atoms in total. The van der Waals surface area contributed by atoms with Crippen LogP contribution in [-0.2, 0) is 4.74 Å². The molecule has 4 aromatic rings. The molecule has 12 heteroatoms. The number of rotatable bonds is 6. The maximum Gasteiger partial charge on any atom is 0.323 e. The highest BCUT2D eigenvalue weighted by Crippen LogP contribution is 2.26. The molecule has 198 valence electrons. The number of aromatic nitrogens is 4. The van der Waals surface area contributed by atoms with E-state index in [1.807, 2.05) is 24.3 Å². The highest BCUT2D eigenvalue weighted by atomic mass is 16.5. The molecule has 0 radical (unpaired) electrons. The normalized spacial score (nSPS) is 12.9. The number of hydrogen-bond donors (Lipinski definition) is 4. The van der Waals surface area contributed by atoms with Crippen molar-refractivity contribution in [3.63, 3.8) is 0 Å². The van der Waals surface area contributed by atoms with E-state index < -0.39 is 0 Å². The number of morpholine rings is 1. The zero-order valence-electron chi connectivity index (χ0n) is 21.2. The maximum absolute atomic E-state index is 12.3. The van der Waals surface area contributed by atoms with Gasteiger partial charge in [0.1, 0.15) is 0 Å². The Bertz CT molecular complexity index is 1430. The van der Waals surface area contributed by atoms with Crippen molar-refractivity contribution in [2.24, 2.45) is 0 Å². The lowest BCUT2D eigenvalue weighted by Crippen LogP contribution is -2.37. The van der Waals surface area contributed by atoms with Gasteiger partial charge in [-0.15, -0.1) is 0 Å². The molecule has 5 rings (SSSR count). The third-order valence-electron chi connectivity index (χ3n) is 5.87. The minimum absolute atomic E-state index is 0.299. The minimum Gasteiger partial charge on any atom is -0.378 e. The number of urea groups is 2. The molecule has 1 fully saturated rings. The van der Waals surface area contributed by atoms with Gasteiger partial charge in [0.15, 0.2) is 11.6 Å². The van der Waals surface area contributed by atoms with Crippen molar-refractivity contribution in [3.8, 4) is 22.8 Å². The van der Waals surface area contributed by atoms with Crippen molar-refractivity contribution in [3.05, 3.63) is 73.1 Å². The molecule has 4 amide bonds. The molecular weight excluding hydrogens is 498 g/mol. The summed E-state index contributed by atoms with van der Waals surface area (Å²) in [7, 11) is 1.56. The van der Waals surface area contributed by atoms with Gasteiger partial charge >= 0.3 is 12.1 Å². The van der Waals surface area contributed by atoms with Gasteiger partial charge in [0.25, 0.3) is 0 Å². The summed E-state index contributed by atoms with van der Waals surface area (Å²) in [6.45, 7) is 2.54. The Balaban J connectivity index is 1.39. The van der Waals surface area contributed by atoms with Crippen molar-refractivity contribution in [2.75, 3.05) is 54.2 Å². The van der Waals surface area contributed by atoms with Crippen LogP contribution >= 0.6 is 0 Å². The van der Waals surface area contributed by atoms with Gasteiger partial charge in [-0.25, -0.2) is 14.6 Å². The van der Waals surface area contributed by atoms with E-state index in [0.717, 1.165) is 11.1 Å². The van der Waals surface area contributed by atoms with Crippen molar-refractivity contribution >= 4 is 35.1 Å². The molecule has 0 bridgehead atoms. The van der Waals surface area contributed by atoms with Crippen molar-refractivity contribution in [1.82, 2.24) is 25.3 Å². The monoisotopic (exact) mass is 525 g/mol. The molecular formula is C27H27N9O3. The molecule has 2 aromatic heterocycles. The van der Waals surface area contributed by atoms with Gasteiger partial charge in [0.2, 0.25) is 5.95 Å². The Kier molecular flexibility index (Phi) is 7.84. The summed E-state index contributed by atoms with van der Waals surface area (Å²) in [6, 6.07) is 17.4. The maximum atomic E-state index is 12.3. The Hall–Kier alpha value is -5.10. The number of hydrogen-bond acceptors (Lipinski definition) is 8. The molecule has 0 aliphatic carbocycles. The fraction of sp³-hybridized carbons (Fsp3) is 0.185. The van der Waals surface area contributed by atoms with Crippen LogP contribution in [0.5, 0.6) is 0 Å². The molecule has 3 heterocycles. The summed E-state index contributed by atoms with van der Waals surface area (Å²) < 4.78 is 5.49. The van der Waals surface area contributed by atoms with Gasteiger partial charge in [-0.1, -0.05) is 0 Å². The summed E-state index contributed by atoms with van der Waals surface area (Å²) in [5.74, 6) is 1.57. The Morgan fingerprint density at radius 3 is 1.85 bits per heavy atom. The molecule has 0 atom stereocenters.